The Bertz CT molecular complexity index is 609. The molecule has 0 amide bonds. The van der Waals surface area contributed by atoms with Crippen LogP contribution in [0.2, 0.25) is 0 Å². The molecule has 120 valence electrons. The summed E-state index contributed by atoms with van der Waals surface area (Å²) in [5.74, 6) is 0. The Labute approximate surface area is 135 Å². The summed E-state index contributed by atoms with van der Waals surface area (Å²) in [5.41, 5.74) is 5.49. The summed E-state index contributed by atoms with van der Waals surface area (Å²) in [4.78, 5) is 0. The Morgan fingerprint density at radius 3 is 2.32 bits per heavy atom. The van der Waals surface area contributed by atoms with Gasteiger partial charge in [-0.2, -0.15) is 0 Å². The maximum atomic E-state index is 3.53. The van der Waals surface area contributed by atoms with E-state index in [1.54, 1.807) is 0 Å². The van der Waals surface area contributed by atoms with Crippen molar-refractivity contribution < 1.29 is 4.57 Å². The standard InChI is InChI=1S/C19H30N3/c1-15-12-16(2)18(17(3)13-15)22-11-10-21(14-22)9-7-8-20-19(4,5)6/h10-14,20H,7-9H2,1-6H3/q+1. The summed E-state index contributed by atoms with van der Waals surface area (Å²) in [6.45, 7) is 15.2. The van der Waals surface area contributed by atoms with Crippen molar-refractivity contribution in [3.63, 3.8) is 0 Å². The first-order valence-corrected chi connectivity index (χ1v) is 8.16. The van der Waals surface area contributed by atoms with Crippen LogP contribution in [-0.2, 0) is 6.54 Å². The second-order valence-electron chi connectivity index (χ2n) is 7.34. The van der Waals surface area contributed by atoms with Crippen LogP contribution in [0.15, 0.2) is 30.9 Å². The number of rotatable bonds is 5. The van der Waals surface area contributed by atoms with Gasteiger partial charge in [0.1, 0.15) is 18.1 Å². The van der Waals surface area contributed by atoms with Crippen LogP contribution in [0.4, 0.5) is 0 Å². The van der Waals surface area contributed by atoms with Crippen LogP contribution < -0.4 is 9.88 Å². The third-order valence-corrected chi connectivity index (χ3v) is 3.83. The predicted molar refractivity (Wildman–Crippen MR) is 92.5 cm³/mol. The van der Waals surface area contributed by atoms with Crippen LogP contribution >= 0.6 is 0 Å². The topological polar surface area (TPSA) is 20.8 Å². The molecule has 0 fully saturated rings. The Hall–Kier alpha value is -1.61. The van der Waals surface area contributed by atoms with Crippen LogP contribution in [0.1, 0.15) is 43.9 Å². The Kier molecular flexibility index (Phi) is 5.07. The van der Waals surface area contributed by atoms with Crippen LogP contribution in [-0.4, -0.2) is 16.7 Å². The molecule has 22 heavy (non-hydrogen) atoms. The number of nitrogens with zero attached hydrogens (tertiary/aromatic N) is 2. The molecule has 3 heteroatoms. The quantitative estimate of drug-likeness (QED) is 0.662. The number of imidazole rings is 1. The fourth-order valence-electron chi connectivity index (χ4n) is 2.96. The van der Waals surface area contributed by atoms with Crippen LogP contribution in [0.3, 0.4) is 0 Å². The highest BCUT2D eigenvalue weighted by Crippen LogP contribution is 2.20. The average Bonchev–Trinajstić information content (AvgIpc) is 2.81. The molecule has 0 saturated heterocycles. The Balaban J connectivity index is 2.03. The van der Waals surface area contributed by atoms with Crippen molar-refractivity contribution in [3.05, 3.63) is 47.5 Å². The van der Waals surface area contributed by atoms with Crippen molar-refractivity contribution in [3.8, 4) is 5.69 Å². The summed E-state index contributed by atoms with van der Waals surface area (Å²) in [6.07, 6.45) is 7.65. The lowest BCUT2D eigenvalue weighted by molar-refractivity contribution is -0.696. The third-order valence-electron chi connectivity index (χ3n) is 3.83. The summed E-state index contributed by atoms with van der Waals surface area (Å²) in [5, 5.41) is 3.53. The van der Waals surface area contributed by atoms with Gasteiger partial charge < -0.3 is 5.32 Å². The van der Waals surface area contributed by atoms with Gasteiger partial charge in [0.05, 0.1) is 6.54 Å². The third kappa shape index (κ3) is 4.44. The highest BCUT2D eigenvalue weighted by molar-refractivity contribution is 5.48. The first kappa shape index (κ1) is 16.8. The van der Waals surface area contributed by atoms with Gasteiger partial charge in [-0.3, -0.25) is 0 Å². The van der Waals surface area contributed by atoms with E-state index in [0.717, 1.165) is 19.5 Å². The first-order chi connectivity index (χ1) is 10.3. The van der Waals surface area contributed by atoms with Gasteiger partial charge >= 0.3 is 0 Å². The minimum absolute atomic E-state index is 0.201. The highest BCUT2D eigenvalue weighted by Gasteiger charge is 2.13. The van der Waals surface area contributed by atoms with E-state index in [0.29, 0.717) is 0 Å². The molecule has 0 saturated carbocycles. The number of aromatic nitrogens is 2. The van der Waals surface area contributed by atoms with E-state index < -0.39 is 0 Å². The zero-order valence-corrected chi connectivity index (χ0v) is 14.9. The molecule has 1 N–H and O–H groups in total. The van der Waals surface area contributed by atoms with Crippen molar-refractivity contribution in [2.45, 2.75) is 60.0 Å². The van der Waals surface area contributed by atoms with Crippen molar-refractivity contribution in [1.82, 2.24) is 9.88 Å². The molecule has 1 aromatic carbocycles. The van der Waals surface area contributed by atoms with Gasteiger partial charge in [0.25, 0.3) is 0 Å². The predicted octanol–water partition coefficient (Wildman–Crippen LogP) is 3.47. The second kappa shape index (κ2) is 6.66. The van der Waals surface area contributed by atoms with Gasteiger partial charge in [-0.05, 0) is 65.6 Å². The summed E-state index contributed by atoms with van der Waals surface area (Å²) in [7, 11) is 0. The second-order valence-corrected chi connectivity index (χ2v) is 7.34. The number of nitrogens with one attached hydrogen (secondary N) is 1. The number of hydrogen-bond acceptors (Lipinski definition) is 1. The lowest BCUT2D eigenvalue weighted by atomic mass is 10.1. The largest absolute Gasteiger partial charge is 0.312 e. The molecule has 0 aliphatic rings. The molecule has 1 heterocycles. The summed E-state index contributed by atoms with van der Waals surface area (Å²) < 4.78 is 4.50. The van der Waals surface area contributed by atoms with E-state index in [-0.39, 0.29) is 5.54 Å². The smallest absolute Gasteiger partial charge is 0.248 e. The van der Waals surface area contributed by atoms with E-state index >= 15 is 0 Å². The molecular formula is C19H30N3+. The number of hydrogen-bond donors (Lipinski definition) is 1. The van der Waals surface area contributed by atoms with E-state index in [2.05, 4.69) is 86.8 Å². The van der Waals surface area contributed by atoms with Crippen LogP contribution in [0.5, 0.6) is 0 Å². The highest BCUT2D eigenvalue weighted by atomic mass is 15.1. The van der Waals surface area contributed by atoms with Crippen LogP contribution in [0.25, 0.3) is 5.69 Å². The SMILES string of the molecule is Cc1cc(C)c(-n2cc[n+](CCCNC(C)(C)C)c2)c(C)c1. The van der Waals surface area contributed by atoms with Crippen molar-refractivity contribution in [1.29, 1.82) is 0 Å². The fourth-order valence-corrected chi connectivity index (χ4v) is 2.96. The van der Waals surface area contributed by atoms with Gasteiger partial charge in [0.15, 0.2) is 0 Å². The fraction of sp³-hybridized carbons (Fsp3) is 0.526. The van der Waals surface area contributed by atoms with E-state index in [4.69, 9.17) is 0 Å². The summed E-state index contributed by atoms with van der Waals surface area (Å²) >= 11 is 0. The van der Waals surface area contributed by atoms with Gasteiger partial charge in [0, 0.05) is 5.54 Å². The van der Waals surface area contributed by atoms with Crippen molar-refractivity contribution >= 4 is 0 Å². The monoisotopic (exact) mass is 300 g/mol. The molecule has 0 aliphatic heterocycles. The van der Waals surface area contributed by atoms with Crippen LogP contribution in [0, 0.1) is 20.8 Å². The molecule has 0 bridgehead atoms. The molecule has 1 aromatic heterocycles. The molecule has 0 aliphatic carbocycles. The zero-order chi connectivity index (χ0) is 16.3. The maximum absolute atomic E-state index is 3.53. The Morgan fingerprint density at radius 2 is 1.73 bits per heavy atom. The van der Waals surface area contributed by atoms with Gasteiger partial charge in [-0.15, -0.1) is 0 Å². The lowest BCUT2D eigenvalue weighted by Gasteiger charge is -2.19. The minimum Gasteiger partial charge on any atom is -0.312 e. The molecule has 0 spiro atoms. The van der Waals surface area contributed by atoms with Gasteiger partial charge in [0.2, 0.25) is 6.33 Å². The van der Waals surface area contributed by atoms with Gasteiger partial charge in [-0.25, -0.2) is 9.13 Å². The maximum Gasteiger partial charge on any atom is 0.248 e. The van der Waals surface area contributed by atoms with Gasteiger partial charge in [-0.1, -0.05) is 17.7 Å². The molecule has 2 aromatic rings. The molecule has 0 radical (unpaired) electrons. The average molecular weight is 300 g/mol. The normalized spacial score (nSPS) is 11.9. The summed E-state index contributed by atoms with van der Waals surface area (Å²) in [6, 6.07) is 4.50. The zero-order valence-electron chi connectivity index (χ0n) is 14.9. The Morgan fingerprint density at radius 1 is 1.09 bits per heavy atom. The van der Waals surface area contributed by atoms with E-state index in [1.807, 2.05) is 0 Å². The van der Waals surface area contributed by atoms with E-state index in [1.165, 1.54) is 22.4 Å². The van der Waals surface area contributed by atoms with Crippen molar-refractivity contribution in [2.24, 2.45) is 0 Å². The molecule has 0 unspecified atom stereocenters. The van der Waals surface area contributed by atoms with Crippen molar-refractivity contribution in [2.75, 3.05) is 6.54 Å². The number of aryl methyl sites for hydroxylation is 4. The number of benzene rings is 1. The first-order valence-electron chi connectivity index (χ1n) is 8.16. The lowest BCUT2D eigenvalue weighted by Crippen LogP contribution is -2.39. The molecule has 0 atom stereocenters. The minimum atomic E-state index is 0.201. The molecule has 2 rings (SSSR count). The van der Waals surface area contributed by atoms with E-state index in [9.17, 15) is 0 Å². The molecule has 3 nitrogen and oxygen atoms in total. The molecular weight excluding hydrogens is 270 g/mol.